The average Bonchev–Trinajstić information content (AvgIpc) is 2.94. The number of carbonyl (C=O) groups excluding carboxylic acids is 1. The van der Waals surface area contributed by atoms with Gasteiger partial charge < -0.3 is 4.74 Å². The highest BCUT2D eigenvalue weighted by Crippen LogP contribution is 2.45. The maximum Gasteiger partial charge on any atom is 0.316 e. The lowest BCUT2D eigenvalue weighted by atomic mass is 9.86. The maximum atomic E-state index is 12.3. The lowest BCUT2D eigenvalue weighted by Crippen LogP contribution is -2.31. The largest absolute Gasteiger partial charge is 0.424 e. The summed E-state index contributed by atoms with van der Waals surface area (Å²) in [4.78, 5) is 14.6. The van der Waals surface area contributed by atoms with Crippen LogP contribution in [0.25, 0.3) is 0 Å². The number of fused-ring (bicyclic) bond motifs is 3. The second-order valence-electron chi connectivity index (χ2n) is 5.97. The van der Waals surface area contributed by atoms with Gasteiger partial charge in [0.15, 0.2) is 5.75 Å². The molecule has 0 aromatic heterocycles. The molecule has 2 atom stereocenters. The Labute approximate surface area is 134 Å². The minimum Gasteiger partial charge on any atom is -0.424 e. The quantitative estimate of drug-likeness (QED) is 0.628. The number of benzene rings is 2. The van der Waals surface area contributed by atoms with Gasteiger partial charge in [-0.1, -0.05) is 54.1 Å². The van der Waals surface area contributed by atoms with Gasteiger partial charge >= 0.3 is 5.97 Å². The molecule has 0 spiro atoms. The van der Waals surface area contributed by atoms with E-state index in [1.165, 1.54) is 5.56 Å². The van der Waals surface area contributed by atoms with Crippen molar-refractivity contribution in [2.75, 3.05) is 13.1 Å². The Kier molecular flexibility index (Phi) is 3.40. The molecule has 2 aromatic carbocycles. The van der Waals surface area contributed by atoms with Gasteiger partial charge in [-0.05, 0) is 11.6 Å². The van der Waals surface area contributed by atoms with Crippen molar-refractivity contribution in [3.05, 3.63) is 64.7 Å². The van der Waals surface area contributed by atoms with Gasteiger partial charge in [0.25, 0.3) is 0 Å². The number of carbonyl (C=O) groups is 1. The molecule has 4 heteroatoms. The molecular weight excluding hydrogens is 298 g/mol. The Morgan fingerprint density at radius 3 is 2.64 bits per heavy atom. The zero-order chi connectivity index (χ0) is 15.1. The molecule has 1 fully saturated rings. The van der Waals surface area contributed by atoms with E-state index in [1.807, 2.05) is 30.3 Å². The van der Waals surface area contributed by atoms with Crippen LogP contribution in [-0.2, 0) is 11.3 Å². The number of hydrogen-bond donors (Lipinski definition) is 0. The first-order chi connectivity index (χ1) is 10.7. The highest BCUT2D eigenvalue weighted by atomic mass is 35.5. The first-order valence-electron chi connectivity index (χ1n) is 7.49. The van der Waals surface area contributed by atoms with E-state index in [9.17, 15) is 4.79 Å². The number of esters is 1. The van der Waals surface area contributed by atoms with Gasteiger partial charge in [-0.25, -0.2) is 0 Å². The Morgan fingerprint density at radius 1 is 1.05 bits per heavy atom. The molecule has 0 N–H and O–H groups in total. The Morgan fingerprint density at radius 2 is 1.82 bits per heavy atom. The summed E-state index contributed by atoms with van der Waals surface area (Å²) < 4.78 is 5.48. The first-order valence-corrected chi connectivity index (χ1v) is 7.86. The average molecular weight is 314 g/mol. The van der Waals surface area contributed by atoms with Crippen LogP contribution in [0.2, 0.25) is 5.02 Å². The number of para-hydroxylation sites is 1. The number of ether oxygens (including phenoxy) is 1. The molecule has 112 valence electrons. The predicted molar refractivity (Wildman–Crippen MR) is 85.0 cm³/mol. The van der Waals surface area contributed by atoms with Crippen LogP contribution in [0.15, 0.2) is 48.5 Å². The topological polar surface area (TPSA) is 29.5 Å². The van der Waals surface area contributed by atoms with Crippen molar-refractivity contribution in [1.29, 1.82) is 0 Å². The molecule has 0 aliphatic carbocycles. The number of halogens is 1. The minimum absolute atomic E-state index is 0.0883. The predicted octanol–water partition coefficient (Wildman–Crippen LogP) is 3.47. The van der Waals surface area contributed by atoms with Gasteiger partial charge in [-0.2, -0.15) is 0 Å². The summed E-state index contributed by atoms with van der Waals surface area (Å²) in [6.45, 7) is 2.46. The first kappa shape index (κ1) is 13.8. The molecule has 2 aliphatic rings. The Balaban J connectivity index is 1.61. The molecule has 2 unspecified atom stereocenters. The van der Waals surface area contributed by atoms with Crippen LogP contribution in [0.5, 0.6) is 5.75 Å². The van der Waals surface area contributed by atoms with Crippen molar-refractivity contribution in [1.82, 2.24) is 4.90 Å². The van der Waals surface area contributed by atoms with E-state index in [0.717, 1.165) is 25.2 Å². The van der Waals surface area contributed by atoms with Crippen molar-refractivity contribution < 1.29 is 9.53 Å². The van der Waals surface area contributed by atoms with Crippen molar-refractivity contribution >= 4 is 17.6 Å². The molecule has 2 aliphatic heterocycles. The summed E-state index contributed by atoms with van der Waals surface area (Å²) in [6, 6.07) is 16.1. The van der Waals surface area contributed by atoms with E-state index in [-0.39, 0.29) is 17.8 Å². The SMILES string of the molecule is O=C1Oc2c(Cl)cccc2C2CN(Cc3ccccc3)CC12. The van der Waals surface area contributed by atoms with Gasteiger partial charge in [-0.15, -0.1) is 0 Å². The fraction of sp³-hybridized carbons (Fsp3) is 0.278. The monoisotopic (exact) mass is 313 g/mol. The molecule has 2 heterocycles. The van der Waals surface area contributed by atoms with Crippen LogP contribution in [0.4, 0.5) is 0 Å². The molecule has 2 aromatic rings. The van der Waals surface area contributed by atoms with Gasteiger partial charge in [0.1, 0.15) is 0 Å². The van der Waals surface area contributed by atoms with E-state index < -0.39 is 0 Å². The summed E-state index contributed by atoms with van der Waals surface area (Å²) in [7, 11) is 0. The number of hydrogen-bond acceptors (Lipinski definition) is 3. The van der Waals surface area contributed by atoms with Crippen LogP contribution in [0.1, 0.15) is 17.0 Å². The van der Waals surface area contributed by atoms with E-state index in [0.29, 0.717) is 10.8 Å². The normalized spacial score (nSPS) is 23.8. The summed E-state index contributed by atoms with van der Waals surface area (Å²) in [5.74, 6) is 0.492. The Bertz CT molecular complexity index is 716. The second-order valence-corrected chi connectivity index (χ2v) is 6.38. The lowest BCUT2D eigenvalue weighted by Gasteiger charge is -2.26. The van der Waals surface area contributed by atoms with Gasteiger partial charge in [-0.3, -0.25) is 9.69 Å². The molecule has 3 nitrogen and oxygen atoms in total. The standard InChI is InChI=1S/C18H16ClNO2/c19-16-8-4-7-13-14-10-20(9-12-5-2-1-3-6-12)11-15(14)18(21)22-17(13)16/h1-8,14-15H,9-11H2. The molecule has 0 bridgehead atoms. The van der Waals surface area contributed by atoms with E-state index in [2.05, 4.69) is 17.0 Å². The van der Waals surface area contributed by atoms with E-state index in [4.69, 9.17) is 16.3 Å². The zero-order valence-electron chi connectivity index (χ0n) is 12.0. The second kappa shape index (κ2) is 5.41. The van der Waals surface area contributed by atoms with Crippen LogP contribution in [0.3, 0.4) is 0 Å². The van der Waals surface area contributed by atoms with Crippen LogP contribution in [-0.4, -0.2) is 24.0 Å². The van der Waals surface area contributed by atoms with Crippen molar-refractivity contribution in [3.63, 3.8) is 0 Å². The van der Waals surface area contributed by atoms with E-state index >= 15 is 0 Å². The third kappa shape index (κ3) is 2.31. The fourth-order valence-corrected chi connectivity index (χ4v) is 3.73. The summed E-state index contributed by atoms with van der Waals surface area (Å²) in [5.41, 5.74) is 2.33. The maximum absolute atomic E-state index is 12.3. The number of nitrogens with zero attached hydrogens (tertiary/aromatic N) is 1. The van der Waals surface area contributed by atoms with Crippen molar-refractivity contribution in [2.24, 2.45) is 5.92 Å². The van der Waals surface area contributed by atoms with Gasteiger partial charge in [0.2, 0.25) is 0 Å². The van der Waals surface area contributed by atoms with E-state index in [1.54, 1.807) is 6.07 Å². The molecule has 0 radical (unpaired) electrons. The molecule has 1 saturated heterocycles. The molecule has 0 saturated carbocycles. The van der Waals surface area contributed by atoms with Crippen LogP contribution >= 0.6 is 11.6 Å². The third-order valence-corrected chi connectivity index (χ3v) is 4.84. The molecular formula is C18H16ClNO2. The molecule has 22 heavy (non-hydrogen) atoms. The van der Waals surface area contributed by atoms with Crippen molar-refractivity contribution in [2.45, 2.75) is 12.5 Å². The fourth-order valence-electron chi connectivity index (χ4n) is 3.51. The number of likely N-dealkylation sites (tertiary alicyclic amines) is 1. The molecule has 0 amide bonds. The summed E-state index contributed by atoms with van der Waals surface area (Å²) in [6.07, 6.45) is 0. The number of rotatable bonds is 2. The summed E-state index contributed by atoms with van der Waals surface area (Å²) in [5, 5.41) is 0.519. The Hall–Kier alpha value is -1.84. The van der Waals surface area contributed by atoms with Crippen LogP contribution in [0, 0.1) is 5.92 Å². The van der Waals surface area contributed by atoms with Crippen LogP contribution < -0.4 is 4.74 Å². The zero-order valence-corrected chi connectivity index (χ0v) is 12.8. The summed E-state index contributed by atoms with van der Waals surface area (Å²) >= 11 is 6.17. The van der Waals surface area contributed by atoms with Gasteiger partial charge in [0.05, 0.1) is 10.9 Å². The molecule has 4 rings (SSSR count). The lowest BCUT2D eigenvalue weighted by molar-refractivity contribution is -0.140. The smallest absolute Gasteiger partial charge is 0.316 e. The minimum atomic E-state index is -0.152. The van der Waals surface area contributed by atoms with Gasteiger partial charge in [0, 0.05) is 31.1 Å². The highest BCUT2D eigenvalue weighted by molar-refractivity contribution is 6.32. The highest BCUT2D eigenvalue weighted by Gasteiger charge is 2.44. The third-order valence-electron chi connectivity index (χ3n) is 4.55. The van der Waals surface area contributed by atoms with Crippen molar-refractivity contribution in [3.8, 4) is 5.75 Å².